The normalized spacial score (nSPS) is 17.1. The van der Waals surface area contributed by atoms with Crippen LogP contribution in [0.1, 0.15) is 31.9 Å². The Balaban J connectivity index is 1.93. The molecule has 1 aromatic rings. The molecule has 17 heavy (non-hydrogen) atoms. The molecule has 96 valence electrons. The summed E-state index contributed by atoms with van der Waals surface area (Å²) in [5.74, 6) is 1.94. The zero-order valence-corrected chi connectivity index (χ0v) is 11.1. The first-order valence-electron chi connectivity index (χ1n) is 6.48. The molecule has 0 amide bonds. The van der Waals surface area contributed by atoms with Gasteiger partial charge in [-0.25, -0.2) is 4.98 Å². The molecule has 1 aliphatic rings. The molecule has 4 heteroatoms. The summed E-state index contributed by atoms with van der Waals surface area (Å²) >= 11 is 0. The molecule has 2 rings (SSSR count). The predicted molar refractivity (Wildman–Crippen MR) is 69.3 cm³/mol. The molecule has 0 radical (unpaired) electrons. The van der Waals surface area contributed by atoms with Crippen LogP contribution in [0.4, 0.5) is 5.95 Å². The number of anilines is 1. The van der Waals surface area contributed by atoms with E-state index in [1.807, 2.05) is 6.92 Å². The van der Waals surface area contributed by atoms with Crippen molar-refractivity contribution in [3.63, 3.8) is 0 Å². The molecule has 0 spiro atoms. The van der Waals surface area contributed by atoms with Crippen molar-refractivity contribution in [2.45, 2.75) is 45.7 Å². The van der Waals surface area contributed by atoms with Gasteiger partial charge >= 0.3 is 0 Å². The summed E-state index contributed by atoms with van der Waals surface area (Å²) < 4.78 is 7.37. The number of ether oxygens (including phenoxy) is 1. The van der Waals surface area contributed by atoms with Crippen LogP contribution in [0.2, 0.25) is 0 Å². The van der Waals surface area contributed by atoms with Crippen LogP contribution in [-0.2, 0) is 11.3 Å². The smallest absolute Gasteiger partial charge is 0.203 e. The van der Waals surface area contributed by atoms with E-state index in [-0.39, 0.29) is 0 Å². The quantitative estimate of drug-likeness (QED) is 0.791. The van der Waals surface area contributed by atoms with Gasteiger partial charge in [0.1, 0.15) is 0 Å². The van der Waals surface area contributed by atoms with E-state index in [2.05, 4.69) is 28.0 Å². The van der Waals surface area contributed by atoms with Gasteiger partial charge in [-0.2, -0.15) is 0 Å². The molecule has 1 heterocycles. The van der Waals surface area contributed by atoms with E-state index in [4.69, 9.17) is 4.74 Å². The summed E-state index contributed by atoms with van der Waals surface area (Å²) in [4.78, 5) is 4.53. The second-order valence-electron chi connectivity index (χ2n) is 5.13. The second-order valence-corrected chi connectivity index (χ2v) is 5.13. The Morgan fingerprint density at radius 1 is 1.59 bits per heavy atom. The van der Waals surface area contributed by atoms with Gasteiger partial charge in [-0.15, -0.1) is 0 Å². The van der Waals surface area contributed by atoms with Gasteiger partial charge in [0.25, 0.3) is 0 Å². The summed E-state index contributed by atoms with van der Waals surface area (Å²) in [5.41, 5.74) is 1.08. The molecule has 4 nitrogen and oxygen atoms in total. The summed E-state index contributed by atoms with van der Waals surface area (Å²) in [7, 11) is 1.73. The summed E-state index contributed by atoms with van der Waals surface area (Å²) in [6.45, 7) is 5.93. The van der Waals surface area contributed by atoms with Gasteiger partial charge in [0.15, 0.2) is 0 Å². The molecule has 1 atom stereocenters. The van der Waals surface area contributed by atoms with E-state index >= 15 is 0 Å². The Bertz CT molecular complexity index is 358. The lowest BCUT2D eigenvalue weighted by Crippen LogP contribution is -2.23. The zero-order valence-electron chi connectivity index (χ0n) is 11.1. The molecule has 0 saturated heterocycles. The predicted octanol–water partition coefficient (Wildman–Crippen LogP) is 2.44. The Hall–Kier alpha value is -1.03. The van der Waals surface area contributed by atoms with Crippen molar-refractivity contribution in [3.8, 4) is 0 Å². The van der Waals surface area contributed by atoms with E-state index in [0.717, 1.165) is 24.1 Å². The maximum absolute atomic E-state index is 5.13. The minimum Gasteiger partial charge on any atom is -0.383 e. The van der Waals surface area contributed by atoms with Crippen LogP contribution in [0, 0.1) is 12.8 Å². The maximum Gasteiger partial charge on any atom is 0.203 e. The number of nitrogens with zero attached hydrogens (tertiary/aromatic N) is 2. The third-order valence-electron chi connectivity index (χ3n) is 3.16. The lowest BCUT2D eigenvalue weighted by atomic mass is 10.3. The van der Waals surface area contributed by atoms with Crippen LogP contribution in [-0.4, -0.2) is 29.3 Å². The van der Waals surface area contributed by atoms with Crippen LogP contribution in [0.25, 0.3) is 0 Å². The molecule has 0 bridgehead atoms. The van der Waals surface area contributed by atoms with E-state index < -0.39 is 0 Å². The highest BCUT2D eigenvalue weighted by atomic mass is 16.5. The zero-order chi connectivity index (χ0) is 12.3. The van der Waals surface area contributed by atoms with Crippen molar-refractivity contribution < 1.29 is 4.74 Å². The molecule has 1 saturated carbocycles. The third kappa shape index (κ3) is 3.73. The maximum atomic E-state index is 5.13. The van der Waals surface area contributed by atoms with E-state index in [9.17, 15) is 0 Å². The molecular formula is C13H23N3O. The first-order chi connectivity index (χ1) is 8.19. The van der Waals surface area contributed by atoms with Crippen molar-refractivity contribution in [1.29, 1.82) is 0 Å². The van der Waals surface area contributed by atoms with Gasteiger partial charge in [-0.3, -0.25) is 0 Å². The van der Waals surface area contributed by atoms with Gasteiger partial charge in [0.2, 0.25) is 5.95 Å². The third-order valence-corrected chi connectivity index (χ3v) is 3.16. The largest absolute Gasteiger partial charge is 0.383 e. The number of nitrogens with one attached hydrogen (secondary N) is 1. The average molecular weight is 237 g/mol. The van der Waals surface area contributed by atoms with Crippen molar-refractivity contribution in [2.24, 2.45) is 5.92 Å². The Morgan fingerprint density at radius 2 is 2.35 bits per heavy atom. The number of hydrogen-bond donors (Lipinski definition) is 1. The van der Waals surface area contributed by atoms with Gasteiger partial charge < -0.3 is 14.6 Å². The summed E-state index contributed by atoms with van der Waals surface area (Å²) in [6.07, 6.45) is 6.24. The Kier molecular flexibility index (Phi) is 4.05. The number of aromatic nitrogens is 2. The Morgan fingerprint density at radius 3 is 3.00 bits per heavy atom. The molecule has 0 aliphatic heterocycles. The first-order valence-corrected chi connectivity index (χ1v) is 6.48. The molecule has 1 unspecified atom stereocenters. The number of aryl methyl sites for hydroxylation is 2. The molecule has 1 N–H and O–H groups in total. The molecule has 1 fully saturated rings. The monoisotopic (exact) mass is 237 g/mol. The summed E-state index contributed by atoms with van der Waals surface area (Å²) in [6, 6.07) is 0.293. The minimum atomic E-state index is 0.293. The van der Waals surface area contributed by atoms with Crippen LogP contribution in [0.3, 0.4) is 0 Å². The van der Waals surface area contributed by atoms with Crippen molar-refractivity contribution in [2.75, 3.05) is 19.0 Å². The average Bonchev–Trinajstić information content (AvgIpc) is 3.02. The highest BCUT2D eigenvalue weighted by molar-refractivity contribution is 5.30. The Labute approximate surface area is 103 Å². The van der Waals surface area contributed by atoms with Crippen LogP contribution in [0.5, 0.6) is 0 Å². The first kappa shape index (κ1) is 12.4. The number of rotatable bonds is 7. The SMILES string of the molecule is COCC(C)Nc1nc(C)cn1CCC1CC1. The summed E-state index contributed by atoms with van der Waals surface area (Å²) in [5, 5.41) is 3.40. The minimum absolute atomic E-state index is 0.293. The van der Waals surface area contributed by atoms with E-state index in [0.29, 0.717) is 12.6 Å². The van der Waals surface area contributed by atoms with Crippen molar-refractivity contribution in [3.05, 3.63) is 11.9 Å². The standard InChI is InChI=1S/C13H23N3O/c1-10-8-16(7-6-12-4-5-12)13(14-10)15-11(2)9-17-3/h8,11-12H,4-7,9H2,1-3H3,(H,14,15). The van der Waals surface area contributed by atoms with Gasteiger partial charge in [0.05, 0.1) is 12.3 Å². The lowest BCUT2D eigenvalue weighted by Gasteiger charge is -2.15. The molecule has 1 aliphatic carbocycles. The fourth-order valence-corrected chi connectivity index (χ4v) is 2.07. The highest BCUT2D eigenvalue weighted by Crippen LogP contribution is 2.33. The number of imidazole rings is 1. The molecule has 0 aromatic carbocycles. The second kappa shape index (κ2) is 5.54. The van der Waals surface area contributed by atoms with Crippen LogP contribution < -0.4 is 5.32 Å². The van der Waals surface area contributed by atoms with Crippen LogP contribution in [0.15, 0.2) is 6.20 Å². The van der Waals surface area contributed by atoms with Crippen LogP contribution >= 0.6 is 0 Å². The fourth-order valence-electron chi connectivity index (χ4n) is 2.07. The topological polar surface area (TPSA) is 39.1 Å². The molecule has 1 aromatic heterocycles. The van der Waals surface area contributed by atoms with Gasteiger partial charge in [0, 0.05) is 25.9 Å². The fraction of sp³-hybridized carbons (Fsp3) is 0.769. The van der Waals surface area contributed by atoms with Gasteiger partial charge in [-0.05, 0) is 26.2 Å². The van der Waals surface area contributed by atoms with E-state index in [1.54, 1.807) is 7.11 Å². The van der Waals surface area contributed by atoms with E-state index in [1.165, 1.54) is 19.3 Å². The van der Waals surface area contributed by atoms with Crippen molar-refractivity contribution >= 4 is 5.95 Å². The van der Waals surface area contributed by atoms with Gasteiger partial charge in [-0.1, -0.05) is 12.8 Å². The lowest BCUT2D eigenvalue weighted by molar-refractivity contribution is 0.190. The molecular weight excluding hydrogens is 214 g/mol. The van der Waals surface area contributed by atoms with Crippen molar-refractivity contribution in [1.82, 2.24) is 9.55 Å². The number of methoxy groups -OCH3 is 1. The number of hydrogen-bond acceptors (Lipinski definition) is 3. The highest BCUT2D eigenvalue weighted by Gasteiger charge is 2.21.